The normalized spacial score (nSPS) is 12.8. The standard InChI is InChI=1S/C11H15Br2NO/c1-8(14-5-2-6-15)10-4-3-9(12)7-11(10)13/h3-4,7-8,14-15H,2,5-6H2,1H3. The first-order chi connectivity index (χ1) is 7.15. The average molecular weight is 337 g/mol. The van der Waals surface area contributed by atoms with Gasteiger partial charge in [-0.15, -0.1) is 0 Å². The highest BCUT2D eigenvalue weighted by atomic mass is 79.9. The SMILES string of the molecule is CC(NCCCO)c1ccc(Br)cc1Br. The number of aliphatic hydroxyl groups is 1. The van der Waals surface area contributed by atoms with Crippen LogP contribution >= 0.6 is 31.9 Å². The van der Waals surface area contributed by atoms with Crippen molar-refractivity contribution in [3.63, 3.8) is 0 Å². The molecule has 0 aliphatic carbocycles. The molecule has 0 spiro atoms. The van der Waals surface area contributed by atoms with Gasteiger partial charge in [-0.3, -0.25) is 0 Å². The van der Waals surface area contributed by atoms with E-state index in [0.717, 1.165) is 21.9 Å². The Morgan fingerprint density at radius 2 is 2.13 bits per heavy atom. The second-order valence-corrected chi connectivity index (χ2v) is 5.19. The van der Waals surface area contributed by atoms with Crippen LogP contribution in [-0.2, 0) is 0 Å². The Labute approximate surface area is 107 Å². The molecule has 0 saturated heterocycles. The molecule has 2 N–H and O–H groups in total. The lowest BCUT2D eigenvalue weighted by atomic mass is 10.1. The van der Waals surface area contributed by atoms with Crippen molar-refractivity contribution in [2.75, 3.05) is 13.2 Å². The molecule has 0 saturated carbocycles. The maximum absolute atomic E-state index is 8.69. The third kappa shape index (κ3) is 4.23. The Morgan fingerprint density at radius 1 is 1.40 bits per heavy atom. The molecular weight excluding hydrogens is 322 g/mol. The molecular formula is C11H15Br2NO. The maximum atomic E-state index is 8.69. The Kier molecular flexibility index (Phi) is 5.82. The first-order valence-electron chi connectivity index (χ1n) is 4.94. The predicted molar refractivity (Wildman–Crippen MR) is 70.0 cm³/mol. The molecule has 1 rings (SSSR count). The van der Waals surface area contributed by atoms with Crippen LogP contribution in [0.25, 0.3) is 0 Å². The second kappa shape index (κ2) is 6.63. The molecule has 1 unspecified atom stereocenters. The number of benzene rings is 1. The third-order valence-corrected chi connectivity index (χ3v) is 3.39. The van der Waals surface area contributed by atoms with Gasteiger partial charge in [0.15, 0.2) is 0 Å². The van der Waals surface area contributed by atoms with Gasteiger partial charge in [0.2, 0.25) is 0 Å². The van der Waals surface area contributed by atoms with Crippen LogP contribution in [0.2, 0.25) is 0 Å². The van der Waals surface area contributed by atoms with Crippen LogP contribution in [0.4, 0.5) is 0 Å². The predicted octanol–water partition coefficient (Wildman–Crippen LogP) is 3.24. The summed E-state index contributed by atoms with van der Waals surface area (Å²) in [5, 5.41) is 12.0. The van der Waals surface area contributed by atoms with Crippen LogP contribution in [0.5, 0.6) is 0 Å². The van der Waals surface area contributed by atoms with Gasteiger partial charge in [-0.1, -0.05) is 37.9 Å². The fourth-order valence-electron chi connectivity index (χ4n) is 1.36. The highest BCUT2D eigenvalue weighted by Crippen LogP contribution is 2.26. The molecule has 2 nitrogen and oxygen atoms in total. The van der Waals surface area contributed by atoms with Crippen molar-refractivity contribution in [3.8, 4) is 0 Å². The number of halogens is 2. The number of nitrogens with one attached hydrogen (secondary N) is 1. The first-order valence-corrected chi connectivity index (χ1v) is 6.53. The summed E-state index contributed by atoms with van der Waals surface area (Å²) in [4.78, 5) is 0. The number of rotatable bonds is 5. The van der Waals surface area contributed by atoms with Gasteiger partial charge in [-0.2, -0.15) is 0 Å². The Hall–Kier alpha value is 0.1000. The minimum absolute atomic E-state index is 0.237. The van der Waals surface area contributed by atoms with Gasteiger partial charge in [0.1, 0.15) is 0 Å². The van der Waals surface area contributed by atoms with E-state index in [2.05, 4.69) is 50.2 Å². The Morgan fingerprint density at radius 3 is 2.73 bits per heavy atom. The largest absolute Gasteiger partial charge is 0.396 e. The van der Waals surface area contributed by atoms with E-state index >= 15 is 0 Å². The molecule has 4 heteroatoms. The van der Waals surface area contributed by atoms with Gasteiger partial charge < -0.3 is 10.4 Å². The van der Waals surface area contributed by atoms with E-state index in [1.165, 1.54) is 5.56 Å². The zero-order valence-corrected chi connectivity index (χ0v) is 11.8. The van der Waals surface area contributed by atoms with Crippen molar-refractivity contribution >= 4 is 31.9 Å². The van der Waals surface area contributed by atoms with Crippen molar-refractivity contribution in [1.82, 2.24) is 5.32 Å². The van der Waals surface area contributed by atoms with Crippen LogP contribution < -0.4 is 5.32 Å². The van der Waals surface area contributed by atoms with Crippen molar-refractivity contribution in [2.24, 2.45) is 0 Å². The van der Waals surface area contributed by atoms with E-state index in [1.54, 1.807) is 0 Å². The highest BCUT2D eigenvalue weighted by Gasteiger charge is 2.08. The zero-order valence-electron chi connectivity index (χ0n) is 8.63. The molecule has 0 aromatic heterocycles. The van der Waals surface area contributed by atoms with E-state index in [4.69, 9.17) is 5.11 Å². The van der Waals surface area contributed by atoms with Gasteiger partial charge in [-0.25, -0.2) is 0 Å². The van der Waals surface area contributed by atoms with E-state index < -0.39 is 0 Å². The molecule has 0 aliphatic heterocycles. The fraction of sp³-hybridized carbons (Fsp3) is 0.455. The summed E-state index contributed by atoms with van der Waals surface area (Å²) >= 11 is 6.96. The van der Waals surface area contributed by atoms with Crippen LogP contribution in [0.1, 0.15) is 24.9 Å². The summed E-state index contributed by atoms with van der Waals surface area (Å²) < 4.78 is 2.17. The smallest absolute Gasteiger partial charge is 0.0443 e. The lowest BCUT2D eigenvalue weighted by molar-refractivity contribution is 0.284. The summed E-state index contributed by atoms with van der Waals surface area (Å²) in [5.41, 5.74) is 1.23. The number of aliphatic hydroxyl groups excluding tert-OH is 1. The van der Waals surface area contributed by atoms with Crippen LogP contribution in [0, 0.1) is 0 Å². The lowest BCUT2D eigenvalue weighted by Crippen LogP contribution is -2.20. The molecule has 84 valence electrons. The molecule has 0 amide bonds. The van der Waals surface area contributed by atoms with Gasteiger partial charge in [0.05, 0.1) is 0 Å². The second-order valence-electron chi connectivity index (χ2n) is 3.42. The van der Waals surface area contributed by atoms with Gasteiger partial charge in [0.25, 0.3) is 0 Å². The minimum atomic E-state index is 0.237. The topological polar surface area (TPSA) is 32.3 Å². The van der Waals surface area contributed by atoms with E-state index in [-0.39, 0.29) is 6.61 Å². The van der Waals surface area contributed by atoms with Crippen molar-refractivity contribution < 1.29 is 5.11 Å². The summed E-state index contributed by atoms with van der Waals surface area (Å²) in [7, 11) is 0. The quantitative estimate of drug-likeness (QED) is 0.809. The lowest BCUT2D eigenvalue weighted by Gasteiger charge is -2.15. The van der Waals surface area contributed by atoms with E-state index in [1.807, 2.05) is 12.1 Å². The number of hydrogen-bond donors (Lipinski definition) is 2. The Balaban J connectivity index is 2.61. The maximum Gasteiger partial charge on any atom is 0.0443 e. The van der Waals surface area contributed by atoms with E-state index in [9.17, 15) is 0 Å². The minimum Gasteiger partial charge on any atom is -0.396 e. The van der Waals surface area contributed by atoms with Gasteiger partial charge >= 0.3 is 0 Å². The third-order valence-electron chi connectivity index (χ3n) is 2.21. The molecule has 0 aliphatic rings. The molecule has 15 heavy (non-hydrogen) atoms. The van der Waals surface area contributed by atoms with Crippen LogP contribution in [0.3, 0.4) is 0 Å². The monoisotopic (exact) mass is 335 g/mol. The molecule has 0 radical (unpaired) electrons. The molecule has 0 heterocycles. The Bertz CT molecular complexity index is 317. The highest BCUT2D eigenvalue weighted by molar-refractivity contribution is 9.11. The van der Waals surface area contributed by atoms with Gasteiger partial charge in [-0.05, 0) is 37.6 Å². The zero-order chi connectivity index (χ0) is 11.3. The molecule has 0 fully saturated rings. The van der Waals surface area contributed by atoms with Crippen molar-refractivity contribution in [3.05, 3.63) is 32.7 Å². The molecule has 1 aromatic rings. The van der Waals surface area contributed by atoms with Crippen molar-refractivity contribution in [1.29, 1.82) is 0 Å². The first kappa shape index (κ1) is 13.2. The van der Waals surface area contributed by atoms with E-state index in [0.29, 0.717) is 6.04 Å². The summed E-state index contributed by atoms with van der Waals surface area (Å²) in [6.45, 7) is 3.19. The van der Waals surface area contributed by atoms with Crippen molar-refractivity contribution in [2.45, 2.75) is 19.4 Å². The fourth-order valence-corrected chi connectivity index (χ4v) is 2.75. The van der Waals surface area contributed by atoms with Crippen LogP contribution in [0.15, 0.2) is 27.1 Å². The number of hydrogen-bond acceptors (Lipinski definition) is 2. The van der Waals surface area contributed by atoms with Crippen LogP contribution in [-0.4, -0.2) is 18.3 Å². The average Bonchev–Trinajstić information content (AvgIpc) is 2.17. The molecule has 0 bridgehead atoms. The molecule has 1 aromatic carbocycles. The summed E-state index contributed by atoms with van der Waals surface area (Å²) in [5.74, 6) is 0. The molecule has 1 atom stereocenters. The summed E-state index contributed by atoms with van der Waals surface area (Å²) in [6, 6.07) is 6.45. The van der Waals surface area contributed by atoms with Gasteiger partial charge in [0, 0.05) is 21.6 Å². The summed E-state index contributed by atoms with van der Waals surface area (Å²) in [6.07, 6.45) is 0.790.